The number of rotatable bonds is 6. The SMILES string of the molecule is Cc1sc(C(=O)O)cc1S(=O)(=O)NCC(F)(F)CO. The van der Waals surface area contributed by atoms with Gasteiger partial charge in [-0.1, -0.05) is 0 Å². The minimum Gasteiger partial charge on any atom is -0.477 e. The minimum atomic E-state index is -4.24. The van der Waals surface area contributed by atoms with Gasteiger partial charge < -0.3 is 10.2 Å². The van der Waals surface area contributed by atoms with Crippen molar-refractivity contribution in [3.63, 3.8) is 0 Å². The Kier molecular flexibility index (Phi) is 4.61. The first-order chi connectivity index (χ1) is 8.59. The van der Waals surface area contributed by atoms with Crippen molar-refractivity contribution < 1.29 is 32.2 Å². The van der Waals surface area contributed by atoms with Crippen LogP contribution in [0.2, 0.25) is 0 Å². The Morgan fingerprint density at radius 1 is 1.53 bits per heavy atom. The number of thiophene rings is 1. The lowest BCUT2D eigenvalue weighted by atomic mass is 10.4. The molecular formula is C9H11F2NO5S2. The Hall–Kier alpha value is -1.10. The lowest BCUT2D eigenvalue weighted by molar-refractivity contribution is -0.0437. The zero-order chi connectivity index (χ0) is 14.8. The lowest BCUT2D eigenvalue weighted by Crippen LogP contribution is -2.39. The molecule has 1 aromatic heterocycles. The first-order valence-corrected chi connectivity index (χ1v) is 7.21. The first-order valence-electron chi connectivity index (χ1n) is 4.91. The van der Waals surface area contributed by atoms with E-state index in [4.69, 9.17) is 10.2 Å². The molecule has 0 atom stereocenters. The van der Waals surface area contributed by atoms with Crippen LogP contribution in [0.5, 0.6) is 0 Å². The summed E-state index contributed by atoms with van der Waals surface area (Å²) in [6.07, 6.45) is 0. The van der Waals surface area contributed by atoms with Crippen molar-refractivity contribution in [1.82, 2.24) is 4.72 Å². The number of aliphatic hydroxyl groups excluding tert-OH is 1. The zero-order valence-electron chi connectivity index (χ0n) is 9.68. The number of aliphatic hydroxyl groups is 1. The van der Waals surface area contributed by atoms with Crippen LogP contribution in [0, 0.1) is 6.92 Å². The minimum absolute atomic E-state index is 0.178. The number of carbonyl (C=O) groups is 1. The molecule has 0 amide bonds. The third-order valence-electron chi connectivity index (χ3n) is 2.12. The number of hydrogen-bond acceptors (Lipinski definition) is 5. The number of alkyl halides is 2. The third kappa shape index (κ3) is 3.93. The lowest BCUT2D eigenvalue weighted by Gasteiger charge is -2.13. The molecule has 0 aliphatic rings. The molecule has 1 heterocycles. The maximum absolute atomic E-state index is 12.8. The maximum Gasteiger partial charge on any atom is 0.345 e. The largest absolute Gasteiger partial charge is 0.477 e. The molecule has 0 saturated carbocycles. The number of carboxylic acid groups (broad SMARTS) is 1. The van der Waals surface area contributed by atoms with Crippen LogP contribution >= 0.6 is 11.3 Å². The number of sulfonamides is 1. The fraction of sp³-hybridized carbons (Fsp3) is 0.444. The van der Waals surface area contributed by atoms with Gasteiger partial charge in [-0.05, 0) is 13.0 Å². The second-order valence-corrected chi connectivity index (χ2v) is 6.67. The molecule has 0 spiro atoms. The smallest absolute Gasteiger partial charge is 0.345 e. The van der Waals surface area contributed by atoms with Crippen molar-refractivity contribution in [1.29, 1.82) is 0 Å². The van der Waals surface area contributed by atoms with Crippen molar-refractivity contribution in [2.24, 2.45) is 0 Å². The summed E-state index contributed by atoms with van der Waals surface area (Å²) in [7, 11) is -4.24. The van der Waals surface area contributed by atoms with Gasteiger partial charge in [-0.15, -0.1) is 11.3 Å². The van der Waals surface area contributed by atoms with E-state index in [9.17, 15) is 22.0 Å². The van der Waals surface area contributed by atoms with Gasteiger partial charge in [0.25, 0.3) is 5.92 Å². The summed E-state index contributed by atoms with van der Waals surface area (Å²) in [6.45, 7) is -1.38. The molecule has 0 aromatic carbocycles. The molecule has 0 saturated heterocycles. The fourth-order valence-corrected chi connectivity index (χ4v) is 3.66. The molecular weight excluding hydrogens is 304 g/mol. The monoisotopic (exact) mass is 315 g/mol. The van der Waals surface area contributed by atoms with Crippen molar-refractivity contribution in [3.05, 3.63) is 15.8 Å². The quantitative estimate of drug-likeness (QED) is 0.715. The van der Waals surface area contributed by atoms with Gasteiger partial charge in [0.1, 0.15) is 11.5 Å². The van der Waals surface area contributed by atoms with Crippen molar-refractivity contribution in [2.45, 2.75) is 17.7 Å². The van der Waals surface area contributed by atoms with Crippen molar-refractivity contribution in [3.8, 4) is 0 Å². The van der Waals surface area contributed by atoms with E-state index in [1.807, 2.05) is 0 Å². The number of aromatic carboxylic acids is 1. The maximum atomic E-state index is 12.8. The Balaban J connectivity index is 2.98. The Morgan fingerprint density at radius 3 is 2.53 bits per heavy atom. The molecule has 0 fully saturated rings. The summed E-state index contributed by atoms with van der Waals surface area (Å²) in [5, 5.41) is 17.1. The standard InChI is InChI=1S/C9H11F2NO5S2/c1-5-7(2-6(18-5)8(14)15)19(16,17)12-3-9(10,11)4-13/h2,12-13H,3-4H2,1H3,(H,14,15). The molecule has 19 heavy (non-hydrogen) atoms. The molecule has 0 aliphatic carbocycles. The van der Waals surface area contributed by atoms with Gasteiger partial charge in [0.2, 0.25) is 10.0 Å². The highest BCUT2D eigenvalue weighted by molar-refractivity contribution is 7.89. The Morgan fingerprint density at radius 2 is 2.11 bits per heavy atom. The van der Waals surface area contributed by atoms with Crippen LogP contribution in [0.3, 0.4) is 0 Å². The summed E-state index contributed by atoms with van der Waals surface area (Å²) in [5.74, 6) is -4.87. The van der Waals surface area contributed by atoms with E-state index < -0.39 is 35.1 Å². The van der Waals surface area contributed by atoms with Gasteiger partial charge in [0, 0.05) is 4.88 Å². The number of aryl methyl sites for hydroxylation is 1. The van der Waals surface area contributed by atoms with Gasteiger partial charge in [0.05, 0.1) is 11.4 Å². The molecule has 3 N–H and O–H groups in total. The molecule has 10 heteroatoms. The van der Waals surface area contributed by atoms with Crippen LogP contribution in [-0.2, 0) is 10.0 Å². The average Bonchev–Trinajstić information content (AvgIpc) is 2.70. The van der Waals surface area contributed by atoms with E-state index in [0.29, 0.717) is 0 Å². The topological polar surface area (TPSA) is 104 Å². The second kappa shape index (κ2) is 5.49. The molecule has 0 unspecified atom stereocenters. The first kappa shape index (κ1) is 16.0. The van der Waals surface area contributed by atoms with Gasteiger partial charge in [0.15, 0.2) is 0 Å². The predicted molar refractivity (Wildman–Crippen MR) is 63.2 cm³/mol. The van der Waals surface area contributed by atoms with E-state index >= 15 is 0 Å². The summed E-state index contributed by atoms with van der Waals surface area (Å²) >= 11 is 0.733. The van der Waals surface area contributed by atoms with Crippen LogP contribution in [0.15, 0.2) is 11.0 Å². The summed E-state index contributed by atoms with van der Waals surface area (Å²) in [4.78, 5) is 10.3. The van der Waals surface area contributed by atoms with Crippen LogP contribution in [0.1, 0.15) is 14.5 Å². The normalized spacial score (nSPS) is 12.6. The number of hydrogen-bond donors (Lipinski definition) is 3. The van der Waals surface area contributed by atoms with Crippen molar-refractivity contribution in [2.75, 3.05) is 13.2 Å². The summed E-state index contributed by atoms with van der Waals surface area (Å²) < 4.78 is 50.6. The number of carboxylic acids is 1. The van der Waals surface area contributed by atoms with Crippen LogP contribution in [-0.4, -0.2) is 43.7 Å². The fourth-order valence-electron chi connectivity index (χ4n) is 1.17. The molecule has 1 aromatic rings. The molecule has 1 rings (SSSR count). The highest BCUT2D eigenvalue weighted by Crippen LogP contribution is 2.26. The van der Waals surface area contributed by atoms with Gasteiger partial charge in [-0.3, -0.25) is 0 Å². The molecule has 6 nitrogen and oxygen atoms in total. The van der Waals surface area contributed by atoms with E-state index in [0.717, 1.165) is 17.4 Å². The second-order valence-electron chi connectivity index (χ2n) is 3.67. The molecule has 0 bridgehead atoms. The zero-order valence-corrected chi connectivity index (χ0v) is 11.3. The highest BCUT2D eigenvalue weighted by Gasteiger charge is 2.31. The highest BCUT2D eigenvalue weighted by atomic mass is 32.2. The third-order valence-corrected chi connectivity index (χ3v) is 4.82. The molecule has 0 radical (unpaired) electrons. The Labute approximate surface area is 111 Å². The van der Waals surface area contributed by atoms with Gasteiger partial charge >= 0.3 is 5.97 Å². The average molecular weight is 315 g/mol. The molecule has 108 valence electrons. The van der Waals surface area contributed by atoms with E-state index in [-0.39, 0.29) is 14.6 Å². The van der Waals surface area contributed by atoms with Crippen LogP contribution in [0.4, 0.5) is 8.78 Å². The van der Waals surface area contributed by atoms with Gasteiger partial charge in [-0.25, -0.2) is 26.7 Å². The van der Waals surface area contributed by atoms with Crippen molar-refractivity contribution >= 4 is 27.3 Å². The number of nitrogens with one attached hydrogen (secondary N) is 1. The Bertz CT molecular complexity index is 581. The van der Waals surface area contributed by atoms with E-state index in [1.54, 1.807) is 4.72 Å². The predicted octanol–water partition coefficient (Wildman–Crippen LogP) is 0.661. The van der Waals surface area contributed by atoms with E-state index in [1.165, 1.54) is 6.92 Å². The van der Waals surface area contributed by atoms with Gasteiger partial charge in [-0.2, -0.15) is 0 Å². The summed E-state index contributed by atoms with van der Waals surface area (Å²) in [5.41, 5.74) is 0. The number of halogens is 2. The van der Waals surface area contributed by atoms with Crippen LogP contribution < -0.4 is 4.72 Å². The summed E-state index contributed by atoms with van der Waals surface area (Å²) in [6, 6.07) is 0.905. The molecule has 0 aliphatic heterocycles. The van der Waals surface area contributed by atoms with Crippen LogP contribution in [0.25, 0.3) is 0 Å². The van der Waals surface area contributed by atoms with E-state index in [2.05, 4.69) is 0 Å².